The number of nitrogens with zero attached hydrogens (tertiary/aromatic N) is 1. The van der Waals surface area contributed by atoms with Gasteiger partial charge in [0.2, 0.25) is 0 Å². The highest BCUT2D eigenvalue weighted by atomic mass is 32.1. The molecule has 0 atom stereocenters. The smallest absolute Gasteiger partial charge is 0.261 e. The second-order valence-electron chi connectivity index (χ2n) is 4.79. The monoisotopic (exact) mass is 312 g/mol. The Bertz CT molecular complexity index is 826. The molecule has 0 aliphatic carbocycles. The zero-order valence-electron chi connectivity index (χ0n) is 12.4. The molecule has 5 heteroatoms. The molecule has 0 saturated carbocycles. The highest BCUT2D eigenvalue weighted by Crippen LogP contribution is 2.29. The van der Waals surface area contributed by atoms with E-state index in [1.165, 1.54) is 16.9 Å². The lowest BCUT2D eigenvalue weighted by Gasteiger charge is -2.06. The van der Waals surface area contributed by atoms with E-state index in [4.69, 9.17) is 4.74 Å². The molecule has 0 aliphatic heterocycles. The molecular formula is C17H16N2O2S. The van der Waals surface area contributed by atoms with E-state index in [0.717, 1.165) is 16.6 Å². The molecule has 2 aromatic carbocycles. The van der Waals surface area contributed by atoms with Gasteiger partial charge in [0.25, 0.3) is 5.91 Å². The molecular weight excluding hydrogens is 296 g/mol. The number of carbonyl (C=O) groups is 1. The van der Waals surface area contributed by atoms with Crippen LogP contribution < -0.4 is 10.1 Å². The van der Waals surface area contributed by atoms with Crippen molar-refractivity contribution in [3.8, 4) is 5.75 Å². The fourth-order valence-electron chi connectivity index (χ4n) is 2.34. The largest absolute Gasteiger partial charge is 0.496 e. The Kier molecular flexibility index (Phi) is 4.06. The molecule has 0 radical (unpaired) electrons. The highest BCUT2D eigenvalue weighted by Gasteiger charge is 2.14. The number of carbonyl (C=O) groups excluding carboxylic acids is 1. The third kappa shape index (κ3) is 2.67. The van der Waals surface area contributed by atoms with E-state index < -0.39 is 0 Å². The van der Waals surface area contributed by atoms with Crippen molar-refractivity contribution in [1.82, 2.24) is 4.98 Å². The van der Waals surface area contributed by atoms with Crippen LogP contribution in [0.4, 0.5) is 5.13 Å². The van der Waals surface area contributed by atoms with Gasteiger partial charge >= 0.3 is 0 Å². The number of aryl methyl sites for hydroxylation is 1. The van der Waals surface area contributed by atoms with Gasteiger partial charge < -0.3 is 4.74 Å². The van der Waals surface area contributed by atoms with E-state index in [0.29, 0.717) is 16.4 Å². The van der Waals surface area contributed by atoms with Crippen LogP contribution in [0.15, 0.2) is 42.5 Å². The molecule has 4 nitrogen and oxygen atoms in total. The summed E-state index contributed by atoms with van der Waals surface area (Å²) >= 11 is 1.48. The molecule has 3 rings (SSSR count). The summed E-state index contributed by atoms with van der Waals surface area (Å²) < 4.78 is 6.30. The molecule has 0 fully saturated rings. The summed E-state index contributed by atoms with van der Waals surface area (Å²) in [6.07, 6.45) is 0.918. The van der Waals surface area contributed by atoms with Gasteiger partial charge in [-0.2, -0.15) is 0 Å². The molecule has 0 spiro atoms. The summed E-state index contributed by atoms with van der Waals surface area (Å²) in [5.74, 6) is 0.338. The fraction of sp³-hybridized carbons (Fsp3) is 0.176. The van der Waals surface area contributed by atoms with Crippen LogP contribution in [0.1, 0.15) is 22.8 Å². The van der Waals surface area contributed by atoms with E-state index in [-0.39, 0.29) is 5.91 Å². The number of nitrogens with one attached hydrogen (secondary N) is 1. The minimum Gasteiger partial charge on any atom is -0.496 e. The molecule has 112 valence electrons. The summed E-state index contributed by atoms with van der Waals surface area (Å²) in [6.45, 7) is 2.10. The van der Waals surface area contributed by atoms with Crippen molar-refractivity contribution in [3.63, 3.8) is 0 Å². The predicted molar refractivity (Wildman–Crippen MR) is 89.9 cm³/mol. The third-order valence-electron chi connectivity index (χ3n) is 3.46. The Hall–Kier alpha value is -2.40. The van der Waals surface area contributed by atoms with Crippen LogP contribution in [-0.4, -0.2) is 18.0 Å². The van der Waals surface area contributed by atoms with E-state index in [1.807, 2.05) is 24.3 Å². The summed E-state index contributed by atoms with van der Waals surface area (Å²) in [5, 5.41) is 3.47. The normalized spacial score (nSPS) is 10.6. The Labute approximate surface area is 132 Å². The number of hydrogen-bond acceptors (Lipinski definition) is 4. The lowest BCUT2D eigenvalue weighted by Crippen LogP contribution is -2.12. The van der Waals surface area contributed by atoms with Crippen molar-refractivity contribution < 1.29 is 9.53 Å². The maximum atomic E-state index is 12.4. The minimum atomic E-state index is -0.213. The molecule has 3 aromatic rings. The van der Waals surface area contributed by atoms with Crippen LogP contribution in [0.5, 0.6) is 5.75 Å². The first-order chi connectivity index (χ1) is 10.7. The third-order valence-corrected chi connectivity index (χ3v) is 4.39. The molecule has 0 bridgehead atoms. The number of ether oxygens (including phenoxy) is 1. The van der Waals surface area contributed by atoms with Crippen molar-refractivity contribution in [1.29, 1.82) is 0 Å². The standard InChI is InChI=1S/C17H16N2O2S/c1-3-11-7-6-10-14-15(11)18-17(22-14)19-16(20)12-8-4-5-9-13(12)21-2/h4-10H,3H2,1-2H3,(H,18,19,20). The first-order valence-corrected chi connectivity index (χ1v) is 7.87. The van der Waals surface area contributed by atoms with Crippen molar-refractivity contribution in [3.05, 3.63) is 53.6 Å². The van der Waals surface area contributed by atoms with Crippen molar-refractivity contribution in [2.24, 2.45) is 0 Å². The number of fused-ring (bicyclic) bond motifs is 1. The number of para-hydroxylation sites is 2. The Balaban J connectivity index is 1.91. The second kappa shape index (κ2) is 6.15. The van der Waals surface area contributed by atoms with Crippen molar-refractivity contribution in [2.45, 2.75) is 13.3 Å². The van der Waals surface area contributed by atoms with E-state index >= 15 is 0 Å². The fourth-order valence-corrected chi connectivity index (χ4v) is 3.25. The number of benzene rings is 2. The molecule has 22 heavy (non-hydrogen) atoms. The molecule has 1 aromatic heterocycles. The topological polar surface area (TPSA) is 51.2 Å². The van der Waals surface area contributed by atoms with Gasteiger partial charge in [-0.1, -0.05) is 42.5 Å². The van der Waals surface area contributed by atoms with Gasteiger partial charge in [-0.25, -0.2) is 4.98 Å². The SMILES string of the molecule is CCc1cccc2sc(NC(=O)c3ccccc3OC)nc12. The predicted octanol–water partition coefficient (Wildman–Crippen LogP) is 4.12. The molecule has 1 N–H and O–H groups in total. The second-order valence-corrected chi connectivity index (χ2v) is 5.82. The van der Waals surface area contributed by atoms with Crippen LogP contribution in [-0.2, 0) is 6.42 Å². The number of hydrogen-bond donors (Lipinski definition) is 1. The molecule has 0 aliphatic rings. The number of aromatic nitrogens is 1. The summed E-state index contributed by atoms with van der Waals surface area (Å²) in [5.41, 5.74) is 2.65. The first-order valence-electron chi connectivity index (χ1n) is 7.05. The number of rotatable bonds is 4. The number of methoxy groups -OCH3 is 1. The van der Waals surface area contributed by atoms with Gasteiger partial charge in [-0.3, -0.25) is 10.1 Å². The zero-order valence-corrected chi connectivity index (χ0v) is 13.2. The van der Waals surface area contributed by atoms with Crippen molar-refractivity contribution >= 4 is 32.6 Å². The summed E-state index contributed by atoms with van der Waals surface area (Å²) in [7, 11) is 1.55. The Morgan fingerprint density at radius 1 is 1.23 bits per heavy atom. The van der Waals surface area contributed by atoms with Crippen molar-refractivity contribution in [2.75, 3.05) is 12.4 Å². The number of thiazole rings is 1. The van der Waals surface area contributed by atoms with Gasteiger partial charge in [-0.15, -0.1) is 0 Å². The molecule has 0 unspecified atom stereocenters. The van der Waals surface area contributed by atoms with Crippen LogP contribution in [0.3, 0.4) is 0 Å². The van der Waals surface area contributed by atoms with Gasteiger partial charge in [0, 0.05) is 0 Å². The number of amides is 1. The highest BCUT2D eigenvalue weighted by molar-refractivity contribution is 7.22. The van der Waals surface area contributed by atoms with Gasteiger partial charge in [0.05, 0.1) is 22.9 Å². The van der Waals surface area contributed by atoms with Crippen LogP contribution >= 0.6 is 11.3 Å². The quantitative estimate of drug-likeness (QED) is 0.788. The lowest BCUT2D eigenvalue weighted by molar-refractivity contribution is 0.102. The molecule has 1 heterocycles. The van der Waals surface area contributed by atoms with Crippen LogP contribution in [0, 0.1) is 0 Å². The maximum absolute atomic E-state index is 12.4. The number of anilines is 1. The molecule has 0 saturated heterocycles. The average Bonchev–Trinajstić information content (AvgIpc) is 2.96. The van der Waals surface area contributed by atoms with E-state index in [9.17, 15) is 4.79 Å². The maximum Gasteiger partial charge on any atom is 0.261 e. The summed E-state index contributed by atoms with van der Waals surface area (Å²) in [6, 6.07) is 13.2. The zero-order chi connectivity index (χ0) is 15.5. The first kappa shape index (κ1) is 14.5. The Morgan fingerprint density at radius 2 is 2.05 bits per heavy atom. The van der Waals surface area contributed by atoms with Gasteiger partial charge in [0.15, 0.2) is 5.13 Å². The van der Waals surface area contributed by atoms with Crippen LogP contribution in [0.2, 0.25) is 0 Å². The van der Waals surface area contributed by atoms with Gasteiger partial charge in [0.1, 0.15) is 5.75 Å². The van der Waals surface area contributed by atoms with Crippen LogP contribution in [0.25, 0.3) is 10.2 Å². The van der Waals surface area contributed by atoms with Gasteiger partial charge in [-0.05, 0) is 30.2 Å². The Morgan fingerprint density at radius 3 is 2.82 bits per heavy atom. The average molecular weight is 312 g/mol. The molecule has 1 amide bonds. The van der Waals surface area contributed by atoms with E-state index in [2.05, 4.69) is 23.3 Å². The summed E-state index contributed by atoms with van der Waals surface area (Å²) in [4.78, 5) is 17.0. The lowest BCUT2D eigenvalue weighted by atomic mass is 10.1. The minimum absolute atomic E-state index is 0.213. The van der Waals surface area contributed by atoms with E-state index in [1.54, 1.807) is 19.2 Å².